The minimum atomic E-state index is -0.231. The molecule has 0 saturated heterocycles. The van der Waals surface area contributed by atoms with Crippen LogP contribution in [0.2, 0.25) is 0 Å². The van der Waals surface area contributed by atoms with Crippen molar-refractivity contribution in [2.75, 3.05) is 13.6 Å². The summed E-state index contributed by atoms with van der Waals surface area (Å²) in [5.74, 6) is 0. The van der Waals surface area contributed by atoms with Crippen LogP contribution in [-0.2, 0) is 6.54 Å². The average molecular weight is 295 g/mol. The average Bonchev–Trinajstić information content (AvgIpc) is 2.27. The Hall–Kier alpha value is -0.850. The highest BCUT2D eigenvalue weighted by molar-refractivity contribution is 9.10. The molecule has 3 heteroatoms. The number of nitrogens with zero attached hydrogens (tertiary/aromatic N) is 2. The van der Waals surface area contributed by atoms with E-state index in [4.69, 9.17) is 5.26 Å². The summed E-state index contributed by atoms with van der Waals surface area (Å²) in [6.07, 6.45) is 0.897. The standard InChI is InChI=1S/C14H19BrN2/c1-14(2,11-16)7-8-17(3)10-12-5-4-6-13(15)9-12/h4-6,9H,7-8,10H2,1-3H3. The summed E-state index contributed by atoms with van der Waals surface area (Å²) in [5.41, 5.74) is 1.06. The first-order valence-electron chi connectivity index (χ1n) is 5.77. The first-order chi connectivity index (χ1) is 7.93. The van der Waals surface area contributed by atoms with Gasteiger partial charge in [0, 0.05) is 11.0 Å². The van der Waals surface area contributed by atoms with Gasteiger partial charge in [-0.15, -0.1) is 0 Å². The molecule has 0 fully saturated rings. The number of hydrogen-bond donors (Lipinski definition) is 0. The van der Waals surface area contributed by atoms with Gasteiger partial charge in [-0.1, -0.05) is 28.1 Å². The molecule has 0 N–H and O–H groups in total. The summed E-state index contributed by atoms with van der Waals surface area (Å²) in [4.78, 5) is 2.25. The fourth-order valence-electron chi connectivity index (χ4n) is 1.55. The van der Waals surface area contributed by atoms with E-state index in [-0.39, 0.29) is 5.41 Å². The molecule has 0 saturated carbocycles. The van der Waals surface area contributed by atoms with Crippen LogP contribution in [0, 0.1) is 16.7 Å². The van der Waals surface area contributed by atoms with Crippen molar-refractivity contribution in [3.63, 3.8) is 0 Å². The molecule has 0 aliphatic rings. The first kappa shape index (κ1) is 14.2. The van der Waals surface area contributed by atoms with Crippen LogP contribution in [0.1, 0.15) is 25.8 Å². The van der Waals surface area contributed by atoms with E-state index in [1.54, 1.807) is 0 Å². The van der Waals surface area contributed by atoms with Crippen LogP contribution in [0.15, 0.2) is 28.7 Å². The molecule has 0 bridgehead atoms. The molecule has 0 atom stereocenters. The minimum Gasteiger partial charge on any atom is -0.302 e. The molecule has 1 aromatic rings. The Kier molecular flexibility index (Phi) is 5.17. The molecule has 1 rings (SSSR count). The van der Waals surface area contributed by atoms with Crippen molar-refractivity contribution >= 4 is 15.9 Å². The van der Waals surface area contributed by atoms with Crippen LogP contribution in [0.4, 0.5) is 0 Å². The van der Waals surface area contributed by atoms with E-state index in [2.05, 4.69) is 46.1 Å². The third kappa shape index (κ3) is 5.34. The van der Waals surface area contributed by atoms with Crippen LogP contribution in [0.3, 0.4) is 0 Å². The molecule has 2 nitrogen and oxygen atoms in total. The van der Waals surface area contributed by atoms with Gasteiger partial charge < -0.3 is 4.90 Å². The highest BCUT2D eigenvalue weighted by Gasteiger charge is 2.16. The summed E-state index contributed by atoms with van der Waals surface area (Å²) in [5, 5.41) is 8.96. The van der Waals surface area contributed by atoms with Gasteiger partial charge in [-0.05, 0) is 51.6 Å². The van der Waals surface area contributed by atoms with E-state index >= 15 is 0 Å². The maximum atomic E-state index is 8.96. The number of hydrogen-bond acceptors (Lipinski definition) is 2. The van der Waals surface area contributed by atoms with Crippen molar-refractivity contribution in [1.82, 2.24) is 4.90 Å². The maximum absolute atomic E-state index is 8.96. The smallest absolute Gasteiger partial charge is 0.0684 e. The number of nitriles is 1. The zero-order chi connectivity index (χ0) is 12.9. The van der Waals surface area contributed by atoms with Crippen molar-refractivity contribution in [2.45, 2.75) is 26.8 Å². The molecule has 1 aromatic carbocycles. The van der Waals surface area contributed by atoms with Crippen molar-refractivity contribution in [3.8, 4) is 6.07 Å². The lowest BCUT2D eigenvalue weighted by Gasteiger charge is -2.21. The van der Waals surface area contributed by atoms with E-state index in [9.17, 15) is 0 Å². The molecular formula is C14H19BrN2. The SMILES string of the molecule is CN(CCC(C)(C)C#N)Cc1cccc(Br)c1. The molecule has 0 aliphatic heterocycles. The number of rotatable bonds is 5. The van der Waals surface area contributed by atoms with E-state index in [0.717, 1.165) is 24.0 Å². The van der Waals surface area contributed by atoms with Gasteiger partial charge in [0.1, 0.15) is 0 Å². The summed E-state index contributed by atoms with van der Waals surface area (Å²) >= 11 is 3.47. The van der Waals surface area contributed by atoms with E-state index in [0.29, 0.717) is 0 Å². The van der Waals surface area contributed by atoms with Crippen molar-refractivity contribution < 1.29 is 0 Å². The summed E-state index contributed by atoms with van der Waals surface area (Å²) in [6, 6.07) is 10.7. The number of halogens is 1. The van der Waals surface area contributed by atoms with Crippen LogP contribution in [0.25, 0.3) is 0 Å². The van der Waals surface area contributed by atoms with Gasteiger partial charge in [-0.3, -0.25) is 0 Å². The molecule has 0 aliphatic carbocycles. The molecule has 0 spiro atoms. The Morgan fingerprint density at radius 1 is 1.41 bits per heavy atom. The lowest BCUT2D eigenvalue weighted by molar-refractivity contribution is 0.280. The van der Waals surface area contributed by atoms with Crippen LogP contribution < -0.4 is 0 Å². The Bertz CT molecular complexity index is 407. The number of benzene rings is 1. The molecule has 0 aromatic heterocycles. The highest BCUT2D eigenvalue weighted by atomic mass is 79.9. The largest absolute Gasteiger partial charge is 0.302 e. The van der Waals surface area contributed by atoms with Gasteiger partial charge in [0.2, 0.25) is 0 Å². The Labute approximate surface area is 112 Å². The third-order valence-corrected chi connectivity index (χ3v) is 3.26. The normalized spacial score (nSPS) is 11.5. The molecular weight excluding hydrogens is 276 g/mol. The molecule has 92 valence electrons. The fraction of sp³-hybridized carbons (Fsp3) is 0.500. The molecule has 0 heterocycles. The van der Waals surface area contributed by atoms with E-state index < -0.39 is 0 Å². The van der Waals surface area contributed by atoms with Crippen molar-refractivity contribution in [2.24, 2.45) is 5.41 Å². The first-order valence-corrected chi connectivity index (χ1v) is 6.56. The highest BCUT2D eigenvalue weighted by Crippen LogP contribution is 2.19. The molecule has 0 amide bonds. The van der Waals surface area contributed by atoms with Crippen LogP contribution >= 0.6 is 15.9 Å². The summed E-state index contributed by atoms with van der Waals surface area (Å²) < 4.78 is 1.11. The van der Waals surface area contributed by atoms with Gasteiger partial charge in [0.15, 0.2) is 0 Å². The second-order valence-corrected chi connectivity index (χ2v) is 6.03. The zero-order valence-corrected chi connectivity index (χ0v) is 12.3. The lowest BCUT2D eigenvalue weighted by atomic mass is 9.91. The van der Waals surface area contributed by atoms with Crippen molar-refractivity contribution in [1.29, 1.82) is 5.26 Å². The fourth-order valence-corrected chi connectivity index (χ4v) is 2.00. The Balaban J connectivity index is 2.46. The Morgan fingerprint density at radius 3 is 2.71 bits per heavy atom. The second kappa shape index (κ2) is 6.18. The lowest BCUT2D eigenvalue weighted by Crippen LogP contribution is -2.23. The molecule has 17 heavy (non-hydrogen) atoms. The van der Waals surface area contributed by atoms with Gasteiger partial charge >= 0.3 is 0 Å². The quantitative estimate of drug-likeness (QED) is 0.825. The predicted molar refractivity (Wildman–Crippen MR) is 74.5 cm³/mol. The molecule has 0 unspecified atom stereocenters. The van der Waals surface area contributed by atoms with Gasteiger partial charge in [0.05, 0.1) is 11.5 Å². The van der Waals surface area contributed by atoms with Crippen molar-refractivity contribution in [3.05, 3.63) is 34.3 Å². The van der Waals surface area contributed by atoms with Gasteiger partial charge in [-0.25, -0.2) is 0 Å². The minimum absolute atomic E-state index is 0.231. The zero-order valence-electron chi connectivity index (χ0n) is 10.7. The third-order valence-electron chi connectivity index (χ3n) is 2.76. The monoisotopic (exact) mass is 294 g/mol. The Morgan fingerprint density at radius 2 is 2.12 bits per heavy atom. The van der Waals surface area contributed by atoms with E-state index in [1.165, 1.54) is 5.56 Å². The van der Waals surface area contributed by atoms with Gasteiger partial charge in [0.25, 0.3) is 0 Å². The topological polar surface area (TPSA) is 27.0 Å². The van der Waals surface area contributed by atoms with E-state index in [1.807, 2.05) is 26.0 Å². The summed E-state index contributed by atoms with van der Waals surface area (Å²) in [7, 11) is 2.09. The molecule has 0 radical (unpaired) electrons. The maximum Gasteiger partial charge on any atom is 0.0684 e. The van der Waals surface area contributed by atoms with Crippen LogP contribution in [-0.4, -0.2) is 18.5 Å². The summed E-state index contributed by atoms with van der Waals surface area (Å²) in [6.45, 7) is 5.83. The predicted octanol–water partition coefficient (Wildman–Crippen LogP) is 3.82. The van der Waals surface area contributed by atoms with Gasteiger partial charge in [-0.2, -0.15) is 5.26 Å². The second-order valence-electron chi connectivity index (χ2n) is 5.11. The van der Waals surface area contributed by atoms with Crippen LogP contribution in [0.5, 0.6) is 0 Å².